The number of nitrogens with one attached hydrogen (secondary N) is 1. The lowest BCUT2D eigenvalue weighted by Crippen LogP contribution is -2.41. The smallest absolute Gasteiger partial charge is 0.254 e. The Morgan fingerprint density at radius 2 is 1.89 bits per heavy atom. The predicted octanol–water partition coefficient (Wildman–Crippen LogP) is 5.15. The standard InChI is InChI=1S/C30H33N5O2/c1-34(20-29-31-13-14-32-29)19-21-5-4-6-24(17-21)37-23-11-15-35(16-12-23)30(36)26-18-28(22-9-10-22)33-27-8-3-2-7-25(26)27/h2-8,13-14,17-18,22-23H,9-12,15-16,19-20H2,1H3,(H,31,32). The summed E-state index contributed by atoms with van der Waals surface area (Å²) in [4.78, 5) is 30.1. The maximum absolute atomic E-state index is 13.6. The van der Waals surface area contributed by atoms with E-state index in [1.165, 1.54) is 18.4 Å². The Morgan fingerprint density at radius 1 is 1.05 bits per heavy atom. The topological polar surface area (TPSA) is 74.3 Å². The first-order valence-corrected chi connectivity index (χ1v) is 13.2. The van der Waals surface area contributed by atoms with E-state index in [1.807, 2.05) is 47.5 Å². The Bertz CT molecular complexity index is 1370. The highest BCUT2D eigenvalue weighted by atomic mass is 16.5. The van der Waals surface area contributed by atoms with Crippen molar-refractivity contribution in [2.75, 3.05) is 20.1 Å². The van der Waals surface area contributed by atoms with Crippen LogP contribution in [-0.2, 0) is 13.1 Å². The highest BCUT2D eigenvalue weighted by Gasteiger charge is 2.29. The molecule has 0 bridgehead atoms. The third kappa shape index (κ3) is 5.52. The minimum atomic E-state index is 0.108. The molecule has 6 rings (SSSR count). The monoisotopic (exact) mass is 495 g/mol. The van der Waals surface area contributed by atoms with E-state index >= 15 is 0 Å². The highest BCUT2D eigenvalue weighted by Crippen LogP contribution is 2.40. The zero-order valence-corrected chi connectivity index (χ0v) is 21.3. The lowest BCUT2D eigenvalue weighted by atomic mass is 10.0. The van der Waals surface area contributed by atoms with Gasteiger partial charge in [-0.3, -0.25) is 14.7 Å². The van der Waals surface area contributed by atoms with Gasteiger partial charge in [-0.15, -0.1) is 0 Å². The molecular weight excluding hydrogens is 462 g/mol. The van der Waals surface area contributed by atoms with E-state index in [-0.39, 0.29) is 12.0 Å². The number of piperidine rings is 1. The average molecular weight is 496 g/mol. The maximum Gasteiger partial charge on any atom is 0.254 e. The SMILES string of the molecule is CN(Cc1cccc(OC2CCN(C(=O)c3cc(C4CC4)nc4ccccc34)CC2)c1)Cc1ncc[nH]1. The minimum absolute atomic E-state index is 0.108. The van der Waals surface area contributed by atoms with E-state index in [0.29, 0.717) is 19.0 Å². The summed E-state index contributed by atoms with van der Waals surface area (Å²) < 4.78 is 6.36. The number of ether oxygens (including phenoxy) is 1. The first kappa shape index (κ1) is 23.7. The van der Waals surface area contributed by atoms with Crippen molar-refractivity contribution in [2.24, 2.45) is 0 Å². The largest absolute Gasteiger partial charge is 0.490 e. The van der Waals surface area contributed by atoms with E-state index in [1.54, 1.807) is 6.20 Å². The van der Waals surface area contributed by atoms with Crippen LogP contribution in [0.2, 0.25) is 0 Å². The molecular formula is C30H33N5O2. The molecule has 1 amide bonds. The Hall–Kier alpha value is -3.71. The van der Waals surface area contributed by atoms with Gasteiger partial charge in [0.2, 0.25) is 0 Å². The second kappa shape index (κ2) is 10.3. The normalized spacial score (nSPS) is 16.4. The third-order valence-electron chi connectivity index (χ3n) is 7.32. The molecule has 7 nitrogen and oxygen atoms in total. The van der Waals surface area contributed by atoms with Gasteiger partial charge in [0.15, 0.2) is 0 Å². The molecule has 1 aliphatic carbocycles. The molecule has 2 aliphatic rings. The second-order valence-electron chi connectivity index (χ2n) is 10.4. The number of nitrogens with zero attached hydrogens (tertiary/aromatic N) is 4. The molecule has 0 radical (unpaired) electrons. The molecule has 0 unspecified atom stereocenters. The van der Waals surface area contributed by atoms with Gasteiger partial charge in [-0.25, -0.2) is 4.98 Å². The molecule has 0 atom stereocenters. The fourth-order valence-electron chi connectivity index (χ4n) is 5.23. The van der Waals surface area contributed by atoms with Crippen molar-refractivity contribution < 1.29 is 9.53 Å². The number of benzene rings is 2. The second-order valence-corrected chi connectivity index (χ2v) is 10.4. The van der Waals surface area contributed by atoms with Crippen LogP contribution in [0.4, 0.5) is 0 Å². The number of hydrogen-bond donors (Lipinski definition) is 1. The van der Waals surface area contributed by atoms with Crippen LogP contribution in [0.15, 0.2) is 67.0 Å². The molecule has 1 N–H and O–H groups in total. The zero-order valence-electron chi connectivity index (χ0n) is 21.3. The van der Waals surface area contributed by atoms with E-state index in [2.05, 4.69) is 40.1 Å². The van der Waals surface area contributed by atoms with Crippen molar-refractivity contribution in [3.05, 3.63) is 89.6 Å². The van der Waals surface area contributed by atoms with Gasteiger partial charge in [-0.2, -0.15) is 0 Å². The van der Waals surface area contributed by atoms with Gasteiger partial charge in [0.1, 0.15) is 17.7 Å². The van der Waals surface area contributed by atoms with E-state index in [0.717, 1.165) is 59.7 Å². The molecule has 2 aromatic heterocycles. The van der Waals surface area contributed by atoms with Gasteiger partial charge < -0.3 is 14.6 Å². The van der Waals surface area contributed by atoms with Crippen LogP contribution in [0, 0.1) is 0 Å². The Morgan fingerprint density at radius 3 is 2.68 bits per heavy atom. The average Bonchev–Trinajstić information content (AvgIpc) is 3.65. The van der Waals surface area contributed by atoms with Crippen molar-refractivity contribution in [3.8, 4) is 5.75 Å². The first-order valence-electron chi connectivity index (χ1n) is 13.2. The summed E-state index contributed by atoms with van der Waals surface area (Å²) in [6.07, 6.45) is 7.73. The molecule has 2 aromatic carbocycles. The summed E-state index contributed by atoms with van der Waals surface area (Å²) in [5, 5.41) is 0.948. The minimum Gasteiger partial charge on any atom is -0.490 e. The first-order chi connectivity index (χ1) is 18.1. The van der Waals surface area contributed by atoms with Gasteiger partial charge in [0, 0.05) is 61.9 Å². The van der Waals surface area contributed by atoms with Crippen molar-refractivity contribution >= 4 is 16.8 Å². The van der Waals surface area contributed by atoms with Gasteiger partial charge in [0.05, 0.1) is 17.6 Å². The Kier molecular flexibility index (Phi) is 6.62. The van der Waals surface area contributed by atoms with Gasteiger partial charge in [-0.05, 0) is 49.7 Å². The number of H-pyrrole nitrogens is 1. The van der Waals surface area contributed by atoms with Crippen molar-refractivity contribution in [2.45, 2.75) is 50.8 Å². The van der Waals surface area contributed by atoms with Gasteiger partial charge in [-0.1, -0.05) is 30.3 Å². The number of aromatic nitrogens is 3. The third-order valence-corrected chi connectivity index (χ3v) is 7.32. The number of para-hydroxylation sites is 1. The van der Waals surface area contributed by atoms with Crippen LogP contribution in [0.3, 0.4) is 0 Å². The molecule has 37 heavy (non-hydrogen) atoms. The van der Waals surface area contributed by atoms with E-state index < -0.39 is 0 Å². The van der Waals surface area contributed by atoms with E-state index in [4.69, 9.17) is 9.72 Å². The molecule has 190 valence electrons. The molecule has 2 fully saturated rings. The number of aromatic amines is 1. The Labute approximate surface area is 217 Å². The lowest BCUT2D eigenvalue weighted by Gasteiger charge is -2.32. The number of amides is 1. The summed E-state index contributed by atoms with van der Waals surface area (Å²) in [6, 6.07) is 18.4. The zero-order chi connectivity index (χ0) is 25.2. The molecule has 1 saturated carbocycles. The molecule has 4 aromatic rings. The molecule has 7 heteroatoms. The van der Waals surface area contributed by atoms with Gasteiger partial charge in [0.25, 0.3) is 5.91 Å². The summed E-state index contributed by atoms with van der Waals surface area (Å²) in [7, 11) is 2.09. The van der Waals surface area contributed by atoms with E-state index in [9.17, 15) is 4.79 Å². The number of hydrogen-bond acceptors (Lipinski definition) is 5. The summed E-state index contributed by atoms with van der Waals surface area (Å²) in [6.45, 7) is 2.97. The fraction of sp³-hybridized carbons (Fsp3) is 0.367. The Balaban J connectivity index is 1.07. The summed E-state index contributed by atoms with van der Waals surface area (Å²) in [5.41, 5.74) is 3.98. The highest BCUT2D eigenvalue weighted by molar-refractivity contribution is 6.06. The lowest BCUT2D eigenvalue weighted by molar-refractivity contribution is 0.0597. The molecule has 1 saturated heterocycles. The predicted molar refractivity (Wildman–Crippen MR) is 143 cm³/mol. The van der Waals surface area contributed by atoms with Crippen molar-refractivity contribution in [3.63, 3.8) is 0 Å². The quantitative estimate of drug-likeness (QED) is 0.366. The number of rotatable bonds is 8. The van der Waals surface area contributed by atoms with Crippen molar-refractivity contribution in [1.82, 2.24) is 24.8 Å². The van der Waals surface area contributed by atoms with Crippen LogP contribution in [0.5, 0.6) is 5.75 Å². The summed E-state index contributed by atoms with van der Waals surface area (Å²) in [5.74, 6) is 2.47. The molecule has 3 heterocycles. The fourth-order valence-corrected chi connectivity index (χ4v) is 5.23. The van der Waals surface area contributed by atoms with Crippen LogP contribution in [0.1, 0.15) is 59.0 Å². The molecule has 0 spiro atoms. The maximum atomic E-state index is 13.6. The number of carbonyl (C=O) groups excluding carboxylic acids is 1. The summed E-state index contributed by atoms with van der Waals surface area (Å²) >= 11 is 0. The van der Waals surface area contributed by atoms with Crippen LogP contribution in [-0.4, -0.2) is 56.9 Å². The number of fused-ring (bicyclic) bond motifs is 1. The van der Waals surface area contributed by atoms with Gasteiger partial charge >= 0.3 is 0 Å². The number of pyridine rings is 1. The van der Waals surface area contributed by atoms with Crippen LogP contribution in [0.25, 0.3) is 10.9 Å². The number of imidazole rings is 1. The number of carbonyl (C=O) groups is 1. The number of likely N-dealkylation sites (tertiary alicyclic amines) is 1. The van der Waals surface area contributed by atoms with Crippen LogP contribution >= 0.6 is 0 Å². The molecule has 1 aliphatic heterocycles. The van der Waals surface area contributed by atoms with Crippen molar-refractivity contribution in [1.29, 1.82) is 0 Å². The van der Waals surface area contributed by atoms with Crippen LogP contribution < -0.4 is 4.74 Å².